The Hall–Kier alpha value is -1.34. The monoisotopic (exact) mass is 253 g/mol. The predicted molar refractivity (Wildman–Crippen MR) is 64.6 cm³/mol. The fourth-order valence-corrected chi connectivity index (χ4v) is 2.24. The van der Waals surface area contributed by atoms with Crippen LogP contribution in [0.3, 0.4) is 0 Å². The number of nitrogens with two attached hydrogens (primary N) is 1. The van der Waals surface area contributed by atoms with Gasteiger partial charge in [-0.15, -0.1) is 10.2 Å². The SMILES string of the molecule is Cc1nc(CSc2nnc(CCN)n2C)co1. The van der Waals surface area contributed by atoms with Crippen LogP contribution in [0.25, 0.3) is 0 Å². The van der Waals surface area contributed by atoms with E-state index >= 15 is 0 Å². The molecule has 2 aromatic heterocycles. The molecule has 2 rings (SSSR count). The molecule has 0 aliphatic carbocycles. The minimum Gasteiger partial charge on any atom is -0.449 e. The van der Waals surface area contributed by atoms with E-state index in [1.807, 2.05) is 18.5 Å². The maximum Gasteiger partial charge on any atom is 0.191 e. The first-order valence-corrected chi connectivity index (χ1v) is 6.31. The van der Waals surface area contributed by atoms with Crippen molar-refractivity contribution in [1.82, 2.24) is 19.7 Å². The van der Waals surface area contributed by atoms with Gasteiger partial charge in [0.1, 0.15) is 12.1 Å². The van der Waals surface area contributed by atoms with Gasteiger partial charge >= 0.3 is 0 Å². The molecule has 7 heteroatoms. The van der Waals surface area contributed by atoms with Crippen molar-refractivity contribution in [2.24, 2.45) is 12.8 Å². The summed E-state index contributed by atoms with van der Waals surface area (Å²) in [6, 6.07) is 0. The lowest BCUT2D eigenvalue weighted by Gasteiger charge is -2.01. The molecular weight excluding hydrogens is 238 g/mol. The molecule has 92 valence electrons. The summed E-state index contributed by atoms with van der Waals surface area (Å²) in [5.74, 6) is 2.32. The number of thioether (sulfide) groups is 1. The molecule has 0 fully saturated rings. The zero-order chi connectivity index (χ0) is 12.3. The normalized spacial score (nSPS) is 11.0. The van der Waals surface area contributed by atoms with Crippen LogP contribution in [0, 0.1) is 6.92 Å². The first-order chi connectivity index (χ1) is 8.20. The van der Waals surface area contributed by atoms with Crippen molar-refractivity contribution in [2.75, 3.05) is 6.54 Å². The highest BCUT2D eigenvalue weighted by Gasteiger charge is 2.09. The van der Waals surface area contributed by atoms with Gasteiger partial charge in [-0.2, -0.15) is 0 Å². The Bertz CT molecular complexity index is 493. The van der Waals surface area contributed by atoms with Gasteiger partial charge < -0.3 is 14.7 Å². The van der Waals surface area contributed by atoms with Crippen LogP contribution in [0.2, 0.25) is 0 Å². The van der Waals surface area contributed by atoms with Gasteiger partial charge in [0.25, 0.3) is 0 Å². The van der Waals surface area contributed by atoms with Gasteiger partial charge in [-0.3, -0.25) is 0 Å². The van der Waals surface area contributed by atoms with Gasteiger partial charge in [-0.05, 0) is 6.54 Å². The van der Waals surface area contributed by atoms with Crippen molar-refractivity contribution in [2.45, 2.75) is 24.3 Å². The highest BCUT2D eigenvalue weighted by molar-refractivity contribution is 7.98. The third-order valence-electron chi connectivity index (χ3n) is 2.31. The van der Waals surface area contributed by atoms with Crippen LogP contribution in [0.15, 0.2) is 15.8 Å². The van der Waals surface area contributed by atoms with E-state index in [0.717, 1.165) is 28.8 Å². The largest absolute Gasteiger partial charge is 0.449 e. The smallest absolute Gasteiger partial charge is 0.191 e. The summed E-state index contributed by atoms with van der Waals surface area (Å²) >= 11 is 1.59. The molecule has 0 atom stereocenters. The molecule has 2 N–H and O–H groups in total. The number of rotatable bonds is 5. The molecule has 0 aromatic carbocycles. The second kappa shape index (κ2) is 5.33. The Morgan fingerprint density at radius 1 is 1.47 bits per heavy atom. The lowest BCUT2D eigenvalue weighted by molar-refractivity contribution is 0.521. The maximum atomic E-state index is 5.50. The molecule has 0 aliphatic rings. The van der Waals surface area contributed by atoms with Crippen molar-refractivity contribution in [3.05, 3.63) is 23.7 Å². The number of aromatic nitrogens is 4. The molecule has 17 heavy (non-hydrogen) atoms. The van der Waals surface area contributed by atoms with E-state index in [1.165, 1.54) is 0 Å². The first-order valence-electron chi connectivity index (χ1n) is 5.33. The van der Waals surface area contributed by atoms with Crippen LogP contribution in [-0.2, 0) is 19.2 Å². The lowest BCUT2D eigenvalue weighted by Crippen LogP contribution is -2.08. The quantitative estimate of drug-likeness (QED) is 0.797. The highest BCUT2D eigenvalue weighted by atomic mass is 32.2. The number of aryl methyl sites for hydroxylation is 1. The molecule has 6 nitrogen and oxygen atoms in total. The van der Waals surface area contributed by atoms with Crippen molar-refractivity contribution in [3.8, 4) is 0 Å². The molecule has 0 spiro atoms. The average molecular weight is 253 g/mol. The molecule has 0 saturated heterocycles. The fourth-order valence-electron chi connectivity index (χ4n) is 1.43. The van der Waals surface area contributed by atoms with Crippen LogP contribution in [0.5, 0.6) is 0 Å². The van der Waals surface area contributed by atoms with Gasteiger partial charge in [0, 0.05) is 26.1 Å². The zero-order valence-corrected chi connectivity index (χ0v) is 10.7. The minimum absolute atomic E-state index is 0.582. The molecule has 0 bridgehead atoms. The molecular formula is C10H15N5OS. The van der Waals surface area contributed by atoms with Gasteiger partial charge in [0.05, 0.1) is 5.69 Å². The number of nitrogens with zero attached hydrogens (tertiary/aromatic N) is 4. The van der Waals surface area contributed by atoms with E-state index < -0.39 is 0 Å². The van der Waals surface area contributed by atoms with Crippen molar-refractivity contribution in [3.63, 3.8) is 0 Å². The van der Waals surface area contributed by atoms with Crippen LogP contribution >= 0.6 is 11.8 Å². The summed E-state index contributed by atoms with van der Waals surface area (Å²) in [6.45, 7) is 2.41. The molecule has 0 saturated carbocycles. The summed E-state index contributed by atoms with van der Waals surface area (Å²) in [4.78, 5) is 4.23. The Morgan fingerprint density at radius 2 is 2.29 bits per heavy atom. The van der Waals surface area contributed by atoms with Crippen LogP contribution in [0.1, 0.15) is 17.4 Å². The molecule has 2 heterocycles. The first kappa shape index (κ1) is 12.1. The molecule has 2 aromatic rings. The van der Waals surface area contributed by atoms with E-state index in [9.17, 15) is 0 Å². The van der Waals surface area contributed by atoms with E-state index in [-0.39, 0.29) is 0 Å². The van der Waals surface area contributed by atoms with Gasteiger partial charge in [-0.1, -0.05) is 11.8 Å². The van der Waals surface area contributed by atoms with Crippen LogP contribution in [-0.4, -0.2) is 26.3 Å². The lowest BCUT2D eigenvalue weighted by atomic mass is 10.4. The van der Waals surface area contributed by atoms with Crippen molar-refractivity contribution < 1.29 is 4.42 Å². The summed E-state index contributed by atoms with van der Waals surface area (Å²) < 4.78 is 7.11. The van der Waals surface area contributed by atoms with Crippen molar-refractivity contribution >= 4 is 11.8 Å². The van der Waals surface area contributed by atoms with E-state index in [1.54, 1.807) is 18.0 Å². The Kier molecular flexibility index (Phi) is 3.80. The Labute approximate surface area is 104 Å². The maximum absolute atomic E-state index is 5.50. The third kappa shape index (κ3) is 2.86. The fraction of sp³-hybridized carbons (Fsp3) is 0.500. The average Bonchev–Trinajstić information content (AvgIpc) is 2.86. The van der Waals surface area contributed by atoms with Crippen LogP contribution < -0.4 is 5.73 Å². The van der Waals surface area contributed by atoms with Gasteiger partial charge in [0.15, 0.2) is 11.0 Å². The molecule has 0 amide bonds. The Morgan fingerprint density at radius 3 is 2.94 bits per heavy atom. The topological polar surface area (TPSA) is 82.8 Å². The summed E-state index contributed by atoms with van der Waals surface area (Å²) in [7, 11) is 1.95. The second-order valence-electron chi connectivity index (χ2n) is 3.64. The van der Waals surface area contributed by atoms with E-state index in [0.29, 0.717) is 12.4 Å². The minimum atomic E-state index is 0.582. The number of oxazole rings is 1. The molecule has 0 radical (unpaired) electrons. The van der Waals surface area contributed by atoms with E-state index in [2.05, 4.69) is 15.2 Å². The number of hydrogen-bond donors (Lipinski definition) is 1. The second-order valence-corrected chi connectivity index (χ2v) is 4.59. The van der Waals surface area contributed by atoms with E-state index in [4.69, 9.17) is 10.2 Å². The molecule has 0 unspecified atom stereocenters. The highest BCUT2D eigenvalue weighted by Crippen LogP contribution is 2.20. The summed E-state index contributed by atoms with van der Waals surface area (Å²) in [6.07, 6.45) is 2.41. The van der Waals surface area contributed by atoms with Crippen LogP contribution in [0.4, 0.5) is 0 Å². The van der Waals surface area contributed by atoms with Gasteiger partial charge in [0.2, 0.25) is 0 Å². The summed E-state index contributed by atoms with van der Waals surface area (Å²) in [5, 5.41) is 9.08. The Balaban J connectivity index is 1.99. The van der Waals surface area contributed by atoms with Gasteiger partial charge in [-0.25, -0.2) is 4.98 Å². The third-order valence-corrected chi connectivity index (χ3v) is 3.36. The van der Waals surface area contributed by atoms with Crippen molar-refractivity contribution in [1.29, 1.82) is 0 Å². The zero-order valence-electron chi connectivity index (χ0n) is 9.88. The molecule has 0 aliphatic heterocycles. The standard InChI is InChI=1S/C10H15N5OS/c1-7-12-8(5-16-7)6-17-10-14-13-9(3-4-11)15(10)2/h5H,3-4,6,11H2,1-2H3. The predicted octanol–water partition coefficient (Wildman–Crippen LogP) is 0.905. The number of hydrogen-bond acceptors (Lipinski definition) is 6. The summed E-state index contributed by atoms with van der Waals surface area (Å²) in [5.41, 5.74) is 6.41.